The van der Waals surface area contributed by atoms with Gasteiger partial charge in [-0.05, 0) is 12.5 Å². The van der Waals surface area contributed by atoms with Crippen molar-refractivity contribution in [2.75, 3.05) is 0 Å². The number of Topliss-reactive ketones (excluding diaryl/α,β-unsaturated/α-hetero) is 1. The minimum Gasteiger partial charge on any atom is -0.294 e. The maximum absolute atomic E-state index is 11.6. The molecule has 0 atom stereocenters. The maximum atomic E-state index is 11.6. The molecule has 0 aliphatic carbocycles. The topological polar surface area (TPSA) is 47.3 Å². The smallest absolute Gasteiger partial charge is 0.164 e. The zero-order valence-corrected chi connectivity index (χ0v) is 9.25. The van der Waals surface area contributed by atoms with E-state index >= 15 is 0 Å². The maximum Gasteiger partial charge on any atom is 0.164 e. The van der Waals surface area contributed by atoms with Crippen molar-refractivity contribution in [2.45, 2.75) is 20.3 Å². The van der Waals surface area contributed by atoms with Crippen LogP contribution in [0.2, 0.25) is 5.15 Å². The van der Waals surface area contributed by atoms with E-state index in [0.29, 0.717) is 22.7 Å². The van der Waals surface area contributed by atoms with Crippen LogP contribution in [0.15, 0.2) is 12.5 Å². The molecular formula is C10H10ClN3O. The Morgan fingerprint density at radius 2 is 2.33 bits per heavy atom. The molecule has 0 N–H and O–H groups in total. The van der Waals surface area contributed by atoms with Gasteiger partial charge in [-0.1, -0.05) is 18.5 Å². The van der Waals surface area contributed by atoms with Crippen LogP contribution < -0.4 is 0 Å². The first kappa shape index (κ1) is 10.1. The fourth-order valence-electron chi connectivity index (χ4n) is 1.59. The molecule has 2 rings (SSSR count). The average molecular weight is 224 g/mol. The number of fused-ring (bicyclic) bond motifs is 1. The molecule has 0 aliphatic heterocycles. The lowest BCUT2D eigenvalue weighted by Gasteiger charge is -1.96. The minimum atomic E-state index is 0.0917. The zero-order valence-electron chi connectivity index (χ0n) is 8.49. The third-order valence-electron chi connectivity index (χ3n) is 2.40. The third kappa shape index (κ3) is 1.51. The third-order valence-corrected chi connectivity index (χ3v) is 2.68. The molecule has 15 heavy (non-hydrogen) atoms. The van der Waals surface area contributed by atoms with Crippen LogP contribution in [0.25, 0.3) is 5.52 Å². The van der Waals surface area contributed by atoms with Crippen molar-refractivity contribution in [2.24, 2.45) is 0 Å². The van der Waals surface area contributed by atoms with E-state index in [2.05, 4.69) is 10.1 Å². The molecule has 2 heterocycles. The van der Waals surface area contributed by atoms with Crippen LogP contribution in [0.3, 0.4) is 0 Å². The quantitative estimate of drug-likeness (QED) is 0.734. The van der Waals surface area contributed by atoms with E-state index in [1.165, 1.54) is 6.33 Å². The highest BCUT2D eigenvalue weighted by molar-refractivity contribution is 6.32. The molecule has 2 aromatic heterocycles. The average Bonchev–Trinajstić information content (AvgIpc) is 2.56. The second-order valence-electron chi connectivity index (χ2n) is 3.29. The molecule has 0 aromatic carbocycles. The fourth-order valence-corrected chi connectivity index (χ4v) is 1.86. The van der Waals surface area contributed by atoms with E-state index in [1.807, 2.05) is 13.8 Å². The van der Waals surface area contributed by atoms with E-state index < -0.39 is 0 Å². The van der Waals surface area contributed by atoms with Gasteiger partial charge in [-0.2, -0.15) is 5.10 Å². The van der Waals surface area contributed by atoms with Gasteiger partial charge >= 0.3 is 0 Å². The van der Waals surface area contributed by atoms with Crippen LogP contribution in [-0.2, 0) is 0 Å². The number of ketones is 1. The van der Waals surface area contributed by atoms with E-state index in [-0.39, 0.29) is 5.78 Å². The first-order valence-electron chi connectivity index (χ1n) is 4.66. The SMILES string of the molecule is CCC(=O)c1cn2ncnc(Cl)c2c1C. The summed E-state index contributed by atoms with van der Waals surface area (Å²) in [6.45, 7) is 3.69. The van der Waals surface area contributed by atoms with Crippen molar-refractivity contribution in [1.82, 2.24) is 14.6 Å². The molecular weight excluding hydrogens is 214 g/mol. The Hall–Kier alpha value is -1.42. The van der Waals surface area contributed by atoms with Crippen molar-refractivity contribution in [1.29, 1.82) is 0 Å². The predicted molar refractivity (Wildman–Crippen MR) is 57.4 cm³/mol. The number of rotatable bonds is 2. The molecule has 0 saturated heterocycles. The van der Waals surface area contributed by atoms with Crippen LogP contribution in [0.5, 0.6) is 0 Å². The van der Waals surface area contributed by atoms with Gasteiger partial charge in [-0.25, -0.2) is 9.50 Å². The van der Waals surface area contributed by atoms with Crippen molar-refractivity contribution in [3.05, 3.63) is 28.8 Å². The summed E-state index contributed by atoms with van der Waals surface area (Å²) in [5.41, 5.74) is 2.21. The van der Waals surface area contributed by atoms with Gasteiger partial charge in [0.2, 0.25) is 0 Å². The molecule has 5 heteroatoms. The van der Waals surface area contributed by atoms with Crippen LogP contribution in [0.1, 0.15) is 29.3 Å². The first-order chi connectivity index (χ1) is 7.15. The number of aromatic nitrogens is 3. The Balaban J connectivity index is 2.75. The van der Waals surface area contributed by atoms with Gasteiger partial charge in [-0.3, -0.25) is 4.79 Å². The molecule has 0 spiro atoms. The Morgan fingerprint density at radius 3 is 2.93 bits per heavy atom. The summed E-state index contributed by atoms with van der Waals surface area (Å²) in [4.78, 5) is 15.5. The van der Waals surface area contributed by atoms with E-state index in [0.717, 1.165) is 5.56 Å². The van der Waals surface area contributed by atoms with Crippen molar-refractivity contribution >= 4 is 22.9 Å². The lowest BCUT2D eigenvalue weighted by atomic mass is 10.1. The Labute approximate surface area is 91.9 Å². The van der Waals surface area contributed by atoms with Gasteiger partial charge in [0, 0.05) is 18.2 Å². The lowest BCUT2D eigenvalue weighted by Crippen LogP contribution is -1.95. The van der Waals surface area contributed by atoms with Gasteiger partial charge in [0.15, 0.2) is 10.9 Å². The number of carbonyl (C=O) groups is 1. The molecule has 2 aromatic rings. The number of hydrogen-bond acceptors (Lipinski definition) is 3. The molecule has 0 fully saturated rings. The largest absolute Gasteiger partial charge is 0.294 e. The predicted octanol–water partition coefficient (Wildman–Crippen LogP) is 2.28. The van der Waals surface area contributed by atoms with Gasteiger partial charge in [0.25, 0.3) is 0 Å². The molecule has 0 unspecified atom stereocenters. The molecule has 0 saturated carbocycles. The Bertz CT molecular complexity index is 533. The van der Waals surface area contributed by atoms with Crippen LogP contribution in [0, 0.1) is 6.92 Å². The summed E-state index contributed by atoms with van der Waals surface area (Å²) in [7, 11) is 0. The van der Waals surface area contributed by atoms with Crippen LogP contribution in [0.4, 0.5) is 0 Å². The van der Waals surface area contributed by atoms with Gasteiger partial charge in [0.1, 0.15) is 11.8 Å². The lowest BCUT2D eigenvalue weighted by molar-refractivity contribution is 0.0987. The summed E-state index contributed by atoms with van der Waals surface area (Å²) in [6, 6.07) is 0. The highest BCUT2D eigenvalue weighted by Crippen LogP contribution is 2.22. The van der Waals surface area contributed by atoms with Gasteiger partial charge in [0.05, 0.1) is 0 Å². The number of aryl methyl sites for hydroxylation is 1. The molecule has 0 bridgehead atoms. The van der Waals surface area contributed by atoms with Crippen molar-refractivity contribution < 1.29 is 4.79 Å². The highest BCUT2D eigenvalue weighted by Gasteiger charge is 2.15. The second kappa shape index (κ2) is 3.62. The monoisotopic (exact) mass is 223 g/mol. The summed E-state index contributed by atoms with van der Waals surface area (Å²) < 4.78 is 1.59. The standard InChI is InChI=1S/C10H10ClN3O/c1-3-8(15)7-4-14-9(6(7)2)10(11)12-5-13-14/h4-5H,3H2,1-2H3. The second-order valence-corrected chi connectivity index (χ2v) is 3.65. The van der Waals surface area contributed by atoms with Crippen LogP contribution >= 0.6 is 11.6 Å². The molecule has 0 radical (unpaired) electrons. The molecule has 4 nitrogen and oxygen atoms in total. The Morgan fingerprint density at radius 1 is 1.60 bits per heavy atom. The van der Waals surface area contributed by atoms with Gasteiger partial charge in [-0.15, -0.1) is 0 Å². The number of carbonyl (C=O) groups excluding carboxylic acids is 1. The molecule has 78 valence electrons. The first-order valence-corrected chi connectivity index (χ1v) is 5.04. The summed E-state index contributed by atoms with van der Waals surface area (Å²) in [5, 5.41) is 4.38. The number of nitrogens with zero attached hydrogens (tertiary/aromatic N) is 3. The van der Waals surface area contributed by atoms with Crippen molar-refractivity contribution in [3.8, 4) is 0 Å². The summed E-state index contributed by atoms with van der Waals surface area (Å²) in [6.07, 6.45) is 3.54. The normalized spacial score (nSPS) is 10.9. The Kier molecular flexibility index (Phi) is 2.44. The summed E-state index contributed by atoms with van der Waals surface area (Å²) >= 11 is 5.94. The van der Waals surface area contributed by atoms with E-state index in [9.17, 15) is 4.79 Å². The van der Waals surface area contributed by atoms with Crippen molar-refractivity contribution in [3.63, 3.8) is 0 Å². The molecule has 0 amide bonds. The zero-order chi connectivity index (χ0) is 11.0. The molecule has 0 aliphatic rings. The minimum absolute atomic E-state index is 0.0917. The summed E-state index contributed by atoms with van der Waals surface area (Å²) in [5.74, 6) is 0.0917. The van der Waals surface area contributed by atoms with Crippen LogP contribution in [-0.4, -0.2) is 20.4 Å². The number of halogens is 1. The highest BCUT2D eigenvalue weighted by atomic mass is 35.5. The van der Waals surface area contributed by atoms with E-state index in [1.54, 1.807) is 10.7 Å². The fraction of sp³-hybridized carbons (Fsp3) is 0.300. The van der Waals surface area contributed by atoms with Gasteiger partial charge < -0.3 is 0 Å². The van der Waals surface area contributed by atoms with E-state index in [4.69, 9.17) is 11.6 Å². The number of hydrogen-bond donors (Lipinski definition) is 0.